The second-order valence-electron chi connectivity index (χ2n) is 9.80. The Kier molecular flexibility index (Phi) is 15.5. The molecule has 0 bridgehead atoms. The van der Waals surface area contributed by atoms with Crippen LogP contribution in [-0.4, -0.2) is 31.1 Å². The summed E-state index contributed by atoms with van der Waals surface area (Å²) >= 11 is 0. The van der Waals surface area contributed by atoms with Crippen molar-refractivity contribution in [2.24, 2.45) is 5.92 Å². The molecule has 0 spiro atoms. The van der Waals surface area contributed by atoms with E-state index in [0.717, 1.165) is 45.1 Å². The second-order valence-corrected chi connectivity index (χ2v) is 9.80. The normalized spacial score (nSPS) is 24.3. The molecule has 0 aromatic heterocycles. The van der Waals surface area contributed by atoms with Crippen LogP contribution in [0.3, 0.4) is 0 Å². The molecule has 2 saturated heterocycles. The molecule has 0 aliphatic carbocycles. The summed E-state index contributed by atoms with van der Waals surface area (Å²) in [4.78, 5) is 11.7. The van der Waals surface area contributed by atoms with Gasteiger partial charge in [0.25, 0.3) is 0 Å². The molecule has 2 fully saturated rings. The number of cyclic esters (lactones) is 1. The highest BCUT2D eigenvalue weighted by atomic mass is 16.7. The lowest BCUT2D eigenvalue weighted by Crippen LogP contribution is -2.47. The Hall–Kier alpha value is -1.13. The van der Waals surface area contributed by atoms with Crippen molar-refractivity contribution in [3.63, 3.8) is 0 Å². The number of unbranched alkanes of at least 4 members (excludes halogenated alkanes) is 8. The van der Waals surface area contributed by atoms with E-state index < -0.39 is 0 Å². The van der Waals surface area contributed by atoms with E-state index in [1.54, 1.807) is 0 Å². The van der Waals surface area contributed by atoms with E-state index in [1.807, 2.05) is 0 Å². The fraction of sp³-hybridized carbons (Fsp3) is 0.828. The third-order valence-electron chi connectivity index (χ3n) is 6.91. The first-order valence-corrected chi connectivity index (χ1v) is 14.0. The van der Waals surface area contributed by atoms with Crippen molar-refractivity contribution in [3.8, 4) is 0 Å². The molecule has 0 N–H and O–H groups in total. The molecule has 0 amide bonds. The minimum atomic E-state index is -0.0717. The zero-order valence-corrected chi connectivity index (χ0v) is 21.5. The molecule has 2 rings (SSSR count). The van der Waals surface area contributed by atoms with Crippen LogP contribution in [0.1, 0.15) is 123 Å². The van der Waals surface area contributed by atoms with Crippen LogP contribution < -0.4 is 0 Å². The van der Waals surface area contributed by atoms with Gasteiger partial charge in [0.2, 0.25) is 0 Å². The smallest absolute Gasteiger partial charge is 0.313 e. The lowest BCUT2D eigenvalue weighted by Gasteiger charge is -2.37. The Labute approximate surface area is 203 Å². The summed E-state index contributed by atoms with van der Waals surface area (Å²) in [5, 5.41) is 0. The van der Waals surface area contributed by atoms with Gasteiger partial charge in [0.15, 0.2) is 6.29 Å². The molecule has 4 heteroatoms. The third kappa shape index (κ3) is 12.2. The average Bonchev–Trinajstić information content (AvgIpc) is 2.82. The Morgan fingerprint density at radius 3 is 2.33 bits per heavy atom. The van der Waals surface area contributed by atoms with Gasteiger partial charge in [-0.05, 0) is 64.2 Å². The first-order valence-electron chi connectivity index (χ1n) is 14.0. The minimum absolute atomic E-state index is 0.0350. The summed E-state index contributed by atoms with van der Waals surface area (Å²) < 4.78 is 17.5. The predicted octanol–water partition coefficient (Wildman–Crippen LogP) is 8.05. The highest BCUT2D eigenvalue weighted by Crippen LogP contribution is 2.31. The van der Waals surface area contributed by atoms with Crippen molar-refractivity contribution in [2.75, 3.05) is 6.61 Å². The topological polar surface area (TPSA) is 44.8 Å². The van der Waals surface area contributed by atoms with E-state index >= 15 is 0 Å². The Morgan fingerprint density at radius 1 is 0.939 bits per heavy atom. The summed E-state index contributed by atoms with van der Waals surface area (Å²) in [7, 11) is 0. The van der Waals surface area contributed by atoms with Crippen LogP contribution in [-0.2, 0) is 19.0 Å². The van der Waals surface area contributed by atoms with Crippen LogP contribution in [0.15, 0.2) is 24.3 Å². The van der Waals surface area contributed by atoms with E-state index in [2.05, 4.69) is 38.2 Å². The molecular weight excluding hydrogens is 412 g/mol. The second kappa shape index (κ2) is 18.2. The highest BCUT2D eigenvalue weighted by molar-refractivity contribution is 5.78. The lowest BCUT2D eigenvalue weighted by molar-refractivity contribution is -0.210. The minimum Gasteiger partial charge on any atom is -0.461 e. The number of hydrogen-bond acceptors (Lipinski definition) is 4. The van der Waals surface area contributed by atoms with Crippen LogP contribution >= 0.6 is 0 Å². The molecule has 4 atom stereocenters. The number of allylic oxidation sites excluding steroid dienone is 4. The number of ether oxygens (including phenoxy) is 3. The van der Waals surface area contributed by atoms with Gasteiger partial charge >= 0.3 is 5.97 Å². The van der Waals surface area contributed by atoms with Crippen molar-refractivity contribution < 1.29 is 19.0 Å². The summed E-state index contributed by atoms with van der Waals surface area (Å²) in [6.07, 6.45) is 29.2. The van der Waals surface area contributed by atoms with E-state index in [4.69, 9.17) is 14.2 Å². The molecule has 0 aromatic carbocycles. The van der Waals surface area contributed by atoms with E-state index in [0.29, 0.717) is 0 Å². The van der Waals surface area contributed by atoms with Gasteiger partial charge in [-0.2, -0.15) is 0 Å². The first kappa shape index (κ1) is 28.1. The van der Waals surface area contributed by atoms with Gasteiger partial charge in [-0.25, -0.2) is 0 Å². The number of esters is 1. The predicted molar refractivity (Wildman–Crippen MR) is 136 cm³/mol. The first-order chi connectivity index (χ1) is 16.2. The molecule has 0 radical (unpaired) electrons. The molecule has 4 nitrogen and oxygen atoms in total. The molecule has 33 heavy (non-hydrogen) atoms. The van der Waals surface area contributed by atoms with E-state index in [1.165, 1.54) is 70.6 Å². The SMILES string of the molecule is CCCCC/C=C\C/C=C\CCCCCCCC(CC1OC(=O)C1CC)OC1CCCCO1. The molecule has 2 heterocycles. The summed E-state index contributed by atoms with van der Waals surface area (Å²) in [6.45, 7) is 5.12. The fourth-order valence-corrected chi connectivity index (χ4v) is 4.76. The molecule has 2 aliphatic rings. The van der Waals surface area contributed by atoms with Gasteiger partial charge in [0.1, 0.15) is 6.10 Å². The van der Waals surface area contributed by atoms with Crippen LogP contribution in [0, 0.1) is 5.92 Å². The quantitative estimate of drug-likeness (QED) is 0.111. The lowest BCUT2D eigenvalue weighted by atomic mass is 9.89. The summed E-state index contributed by atoms with van der Waals surface area (Å²) in [5.74, 6) is 0.0280. The largest absolute Gasteiger partial charge is 0.461 e. The van der Waals surface area contributed by atoms with Crippen molar-refractivity contribution in [1.29, 1.82) is 0 Å². The van der Waals surface area contributed by atoms with Gasteiger partial charge in [0.05, 0.1) is 12.0 Å². The highest BCUT2D eigenvalue weighted by Gasteiger charge is 2.42. The number of hydrogen-bond donors (Lipinski definition) is 0. The number of rotatable bonds is 19. The Balaban J connectivity index is 1.53. The molecule has 2 aliphatic heterocycles. The zero-order chi connectivity index (χ0) is 23.6. The molecule has 0 saturated carbocycles. The standard InChI is InChI=1S/C29H50O4/c1-3-5-6-7-8-9-10-11-12-13-14-15-16-17-18-21-25(32-28-22-19-20-23-31-28)24-27-26(4-2)29(30)33-27/h8-9,11-12,25-28H,3-7,10,13-24H2,1-2H3/b9-8-,12-11-. The van der Waals surface area contributed by atoms with Crippen LogP contribution in [0.4, 0.5) is 0 Å². The van der Waals surface area contributed by atoms with Gasteiger partial charge in [-0.3, -0.25) is 4.79 Å². The molecule has 190 valence electrons. The zero-order valence-electron chi connectivity index (χ0n) is 21.5. The van der Waals surface area contributed by atoms with Crippen molar-refractivity contribution in [2.45, 2.75) is 141 Å². The monoisotopic (exact) mass is 462 g/mol. The maximum Gasteiger partial charge on any atom is 0.313 e. The molecule has 4 unspecified atom stereocenters. The summed E-state index contributed by atoms with van der Waals surface area (Å²) in [5.41, 5.74) is 0. The van der Waals surface area contributed by atoms with Gasteiger partial charge in [-0.15, -0.1) is 0 Å². The van der Waals surface area contributed by atoms with Gasteiger partial charge in [0, 0.05) is 13.0 Å². The van der Waals surface area contributed by atoms with Gasteiger partial charge < -0.3 is 14.2 Å². The Morgan fingerprint density at radius 2 is 1.67 bits per heavy atom. The Bertz CT molecular complexity index is 550. The van der Waals surface area contributed by atoms with Crippen LogP contribution in [0.2, 0.25) is 0 Å². The number of carbonyl (C=O) groups is 1. The van der Waals surface area contributed by atoms with E-state index in [-0.39, 0.29) is 30.4 Å². The van der Waals surface area contributed by atoms with E-state index in [9.17, 15) is 4.79 Å². The van der Waals surface area contributed by atoms with Crippen molar-refractivity contribution >= 4 is 5.97 Å². The summed E-state index contributed by atoms with van der Waals surface area (Å²) in [6, 6.07) is 0. The molecule has 0 aromatic rings. The van der Waals surface area contributed by atoms with Crippen molar-refractivity contribution in [1.82, 2.24) is 0 Å². The fourth-order valence-electron chi connectivity index (χ4n) is 4.76. The average molecular weight is 463 g/mol. The molecular formula is C29H50O4. The third-order valence-corrected chi connectivity index (χ3v) is 6.91. The van der Waals surface area contributed by atoms with Crippen LogP contribution in [0.5, 0.6) is 0 Å². The maximum atomic E-state index is 11.7. The van der Waals surface area contributed by atoms with Gasteiger partial charge in [-0.1, -0.05) is 76.7 Å². The maximum absolute atomic E-state index is 11.7. The van der Waals surface area contributed by atoms with Crippen molar-refractivity contribution in [3.05, 3.63) is 24.3 Å². The van der Waals surface area contributed by atoms with Crippen LogP contribution in [0.25, 0.3) is 0 Å². The number of carbonyl (C=O) groups excluding carboxylic acids is 1.